The SMILES string of the molecule is Oc1cc(O)cc(-c2n[nH]c(=S)n2-c2ccccc2)c1. The molecule has 5 nitrogen and oxygen atoms in total. The van der Waals surface area contributed by atoms with Gasteiger partial charge in [0.1, 0.15) is 11.5 Å². The van der Waals surface area contributed by atoms with Crippen molar-refractivity contribution in [2.24, 2.45) is 0 Å². The minimum absolute atomic E-state index is 0.0338. The number of benzene rings is 2. The Balaban J connectivity index is 2.24. The normalized spacial score (nSPS) is 10.6. The first-order chi connectivity index (χ1) is 9.65. The van der Waals surface area contributed by atoms with E-state index in [9.17, 15) is 10.2 Å². The molecule has 0 saturated carbocycles. The average Bonchev–Trinajstić information content (AvgIpc) is 2.80. The molecule has 100 valence electrons. The molecule has 0 aliphatic rings. The van der Waals surface area contributed by atoms with Crippen molar-refractivity contribution in [1.82, 2.24) is 14.8 Å². The number of nitrogens with one attached hydrogen (secondary N) is 1. The molecule has 0 saturated heterocycles. The van der Waals surface area contributed by atoms with Gasteiger partial charge in [-0.25, -0.2) is 0 Å². The van der Waals surface area contributed by atoms with E-state index < -0.39 is 0 Å². The van der Waals surface area contributed by atoms with Crippen molar-refractivity contribution >= 4 is 12.2 Å². The van der Waals surface area contributed by atoms with Crippen LogP contribution in [0.1, 0.15) is 0 Å². The first-order valence-electron chi connectivity index (χ1n) is 5.91. The molecule has 2 aromatic carbocycles. The molecular formula is C14H11N3O2S. The number of hydrogen-bond acceptors (Lipinski definition) is 4. The van der Waals surface area contributed by atoms with Gasteiger partial charge in [-0.2, -0.15) is 5.10 Å². The fourth-order valence-corrected chi connectivity index (χ4v) is 2.27. The topological polar surface area (TPSA) is 74.1 Å². The minimum Gasteiger partial charge on any atom is -0.508 e. The van der Waals surface area contributed by atoms with Crippen molar-refractivity contribution in [3.63, 3.8) is 0 Å². The van der Waals surface area contributed by atoms with Gasteiger partial charge in [-0.3, -0.25) is 9.67 Å². The average molecular weight is 285 g/mol. The molecule has 0 radical (unpaired) electrons. The molecule has 0 aliphatic carbocycles. The fourth-order valence-electron chi connectivity index (χ4n) is 2.03. The number of hydrogen-bond donors (Lipinski definition) is 3. The summed E-state index contributed by atoms with van der Waals surface area (Å²) in [6.07, 6.45) is 0. The van der Waals surface area contributed by atoms with Crippen LogP contribution in [0.2, 0.25) is 0 Å². The van der Waals surface area contributed by atoms with Gasteiger partial charge in [-0.15, -0.1) is 0 Å². The fraction of sp³-hybridized carbons (Fsp3) is 0. The second-order valence-electron chi connectivity index (χ2n) is 4.26. The lowest BCUT2D eigenvalue weighted by Crippen LogP contribution is -1.97. The van der Waals surface area contributed by atoms with Crippen LogP contribution in [0.15, 0.2) is 48.5 Å². The van der Waals surface area contributed by atoms with Gasteiger partial charge in [0.2, 0.25) is 0 Å². The zero-order valence-electron chi connectivity index (χ0n) is 10.3. The molecule has 3 rings (SSSR count). The van der Waals surface area contributed by atoms with E-state index in [2.05, 4.69) is 10.2 Å². The number of nitrogens with zero attached hydrogens (tertiary/aromatic N) is 2. The van der Waals surface area contributed by atoms with Gasteiger partial charge in [0.05, 0.1) is 0 Å². The van der Waals surface area contributed by atoms with Crippen molar-refractivity contribution in [1.29, 1.82) is 0 Å². The van der Waals surface area contributed by atoms with Crippen molar-refractivity contribution < 1.29 is 10.2 Å². The zero-order chi connectivity index (χ0) is 14.1. The van der Waals surface area contributed by atoms with Crippen LogP contribution in [0, 0.1) is 4.77 Å². The van der Waals surface area contributed by atoms with E-state index in [-0.39, 0.29) is 11.5 Å². The molecule has 0 spiro atoms. The van der Waals surface area contributed by atoms with Gasteiger partial charge in [0.25, 0.3) is 0 Å². The Morgan fingerprint density at radius 3 is 2.30 bits per heavy atom. The molecule has 3 N–H and O–H groups in total. The van der Waals surface area contributed by atoms with E-state index in [1.807, 2.05) is 30.3 Å². The molecule has 0 unspecified atom stereocenters. The lowest BCUT2D eigenvalue weighted by molar-refractivity contribution is 0.451. The van der Waals surface area contributed by atoms with E-state index >= 15 is 0 Å². The van der Waals surface area contributed by atoms with Crippen LogP contribution in [0.25, 0.3) is 17.1 Å². The van der Waals surface area contributed by atoms with E-state index in [1.54, 1.807) is 4.57 Å². The van der Waals surface area contributed by atoms with Crippen molar-refractivity contribution in [2.45, 2.75) is 0 Å². The predicted octanol–water partition coefficient (Wildman–Crippen LogP) is 3.01. The Morgan fingerprint density at radius 1 is 1.00 bits per heavy atom. The van der Waals surface area contributed by atoms with Crippen LogP contribution in [0.3, 0.4) is 0 Å². The van der Waals surface area contributed by atoms with Crippen molar-refractivity contribution in [3.05, 3.63) is 53.3 Å². The summed E-state index contributed by atoms with van der Waals surface area (Å²) in [5.41, 5.74) is 1.42. The third kappa shape index (κ3) is 2.17. The molecule has 0 bridgehead atoms. The van der Waals surface area contributed by atoms with Crippen LogP contribution in [0.4, 0.5) is 0 Å². The molecular weight excluding hydrogens is 274 g/mol. The summed E-state index contributed by atoms with van der Waals surface area (Å²) >= 11 is 5.24. The van der Waals surface area contributed by atoms with Gasteiger partial charge in [0, 0.05) is 17.3 Å². The number of phenols is 2. The number of para-hydroxylation sites is 1. The summed E-state index contributed by atoms with van der Waals surface area (Å²) in [5, 5.41) is 26.1. The Bertz CT molecular complexity index is 789. The van der Waals surface area contributed by atoms with Crippen LogP contribution in [0.5, 0.6) is 11.5 Å². The van der Waals surface area contributed by atoms with Crippen LogP contribution in [-0.4, -0.2) is 25.0 Å². The standard InChI is InChI=1S/C14H11N3O2S/c18-11-6-9(7-12(19)8-11)13-15-16-14(20)17(13)10-4-2-1-3-5-10/h1-8,18-19H,(H,16,20). The summed E-state index contributed by atoms with van der Waals surface area (Å²) in [6, 6.07) is 13.8. The Morgan fingerprint density at radius 2 is 1.65 bits per heavy atom. The maximum atomic E-state index is 9.59. The van der Waals surface area contributed by atoms with E-state index in [0.717, 1.165) is 5.69 Å². The van der Waals surface area contributed by atoms with E-state index in [1.165, 1.54) is 18.2 Å². The first-order valence-corrected chi connectivity index (χ1v) is 6.32. The second-order valence-corrected chi connectivity index (χ2v) is 4.65. The largest absolute Gasteiger partial charge is 0.508 e. The van der Waals surface area contributed by atoms with Gasteiger partial charge >= 0.3 is 0 Å². The molecule has 0 fully saturated rings. The minimum atomic E-state index is -0.0338. The molecule has 0 aliphatic heterocycles. The molecule has 1 heterocycles. The summed E-state index contributed by atoms with van der Waals surface area (Å²) in [7, 11) is 0. The number of aromatic amines is 1. The van der Waals surface area contributed by atoms with Gasteiger partial charge in [-0.1, -0.05) is 18.2 Å². The highest BCUT2D eigenvalue weighted by molar-refractivity contribution is 7.71. The first kappa shape index (κ1) is 12.4. The highest BCUT2D eigenvalue weighted by Crippen LogP contribution is 2.28. The Kier molecular flexibility index (Phi) is 3.00. The number of aromatic hydroxyl groups is 2. The molecule has 20 heavy (non-hydrogen) atoms. The lowest BCUT2D eigenvalue weighted by Gasteiger charge is -2.07. The molecule has 1 aromatic heterocycles. The third-order valence-corrected chi connectivity index (χ3v) is 3.12. The molecule has 0 atom stereocenters. The van der Waals surface area contributed by atoms with Gasteiger partial charge < -0.3 is 10.2 Å². The second kappa shape index (κ2) is 4.82. The Hall–Kier alpha value is -2.60. The summed E-state index contributed by atoms with van der Waals surface area (Å²) in [4.78, 5) is 0. The van der Waals surface area contributed by atoms with Crippen LogP contribution >= 0.6 is 12.2 Å². The summed E-state index contributed by atoms with van der Waals surface area (Å²) in [5.74, 6) is 0.453. The zero-order valence-corrected chi connectivity index (χ0v) is 11.1. The molecule has 3 aromatic rings. The third-order valence-electron chi connectivity index (χ3n) is 2.85. The highest BCUT2D eigenvalue weighted by atomic mass is 32.1. The monoisotopic (exact) mass is 285 g/mol. The smallest absolute Gasteiger partial charge is 0.200 e. The van der Waals surface area contributed by atoms with Crippen molar-refractivity contribution in [3.8, 4) is 28.6 Å². The molecule has 6 heteroatoms. The maximum Gasteiger partial charge on any atom is 0.200 e. The predicted molar refractivity (Wildman–Crippen MR) is 77.5 cm³/mol. The highest BCUT2D eigenvalue weighted by Gasteiger charge is 2.12. The summed E-state index contributed by atoms with van der Waals surface area (Å²) in [6.45, 7) is 0. The van der Waals surface area contributed by atoms with Crippen LogP contribution in [-0.2, 0) is 0 Å². The van der Waals surface area contributed by atoms with Crippen molar-refractivity contribution in [2.75, 3.05) is 0 Å². The number of aromatic nitrogens is 3. The van der Waals surface area contributed by atoms with E-state index in [4.69, 9.17) is 12.2 Å². The van der Waals surface area contributed by atoms with Gasteiger partial charge in [0.15, 0.2) is 10.6 Å². The summed E-state index contributed by atoms with van der Waals surface area (Å²) < 4.78 is 2.18. The number of rotatable bonds is 2. The number of H-pyrrole nitrogens is 1. The number of phenolic OH excluding ortho intramolecular Hbond substituents is 2. The maximum absolute atomic E-state index is 9.59. The van der Waals surface area contributed by atoms with E-state index in [0.29, 0.717) is 16.2 Å². The lowest BCUT2D eigenvalue weighted by atomic mass is 10.2. The molecule has 0 amide bonds. The Labute approximate surface area is 119 Å². The van der Waals surface area contributed by atoms with Crippen LogP contribution < -0.4 is 0 Å². The quantitative estimate of drug-likeness (QED) is 0.633. The van der Waals surface area contributed by atoms with Gasteiger partial charge in [-0.05, 0) is 36.5 Å².